The van der Waals surface area contributed by atoms with E-state index in [0.717, 1.165) is 64.5 Å². The number of rotatable bonds is 5. The lowest BCUT2D eigenvalue weighted by Crippen LogP contribution is -2.47. The van der Waals surface area contributed by atoms with Gasteiger partial charge < -0.3 is 19.3 Å². The highest BCUT2D eigenvalue weighted by atomic mass is 16.5. The fourth-order valence-corrected chi connectivity index (χ4v) is 4.47. The van der Waals surface area contributed by atoms with E-state index in [1.165, 1.54) is 0 Å². The third kappa shape index (κ3) is 4.73. The van der Waals surface area contributed by atoms with Crippen molar-refractivity contribution in [1.82, 2.24) is 9.80 Å². The normalized spacial score (nSPS) is 23.6. The zero-order valence-electron chi connectivity index (χ0n) is 17.2. The molecule has 2 fully saturated rings. The summed E-state index contributed by atoms with van der Waals surface area (Å²) in [5, 5.41) is 0. The number of hydrogen-bond acceptors (Lipinski definition) is 5. The third-order valence-electron chi connectivity index (χ3n) is 6.21. The van der Waals surface area contributed by atoms with E-state index in [1.54, 1.807) is 11.8 Å². The number of fused-ring (bicyclic) bond motifs is 1. The molecule has 3 heterocycles. The van der Waals surface area contributed by atoms with Crippen LogP contribution in [-0.4, -0.2) is 80.2 Å². The van der Waals surface area contributed by atoms with Gasteiger partial charge in [-0.1, -0.05) is 12.1 Å². The topological polar surface area (TPSA) is 62.3 Å². The van der Waals surface area contributed by atoms with E-state index in [4.69, 9.17) is 9.47 Å². The molecule has 0 aliphatic carbocycles. The van der Waals surface area contributed by atoms with Crippen LogP contribution in [0.2, 0.25) is 0 Å². The molecule has 0 unspecified atom stereocenters. The maximum atomic E-state index is 12.8. The fourth-order valence-electron chi connectivity index (χ4n) is 4.47. The third-order valence-corrected chi connectivity index (χ3v) is 6.21. The smallest absolute Gasteiger partial charge is 0.267 e. The van der Waals surface area contributed by atoms with Crippen LogP contribution in [0, 0.1) is 5.92 Å². The molecule has 0 saturated carbocycles. The average Bonchev–Trinajstić information content (AvgIpc) is 2.75. The van der Waals surface area contributed by atoms with Crippen LogP contribution in [-0.2, 0) is 14.3 Å². The highest BCUT2D eigenvalue weighted by Crippen LogP contribution is 2.33. The van der Waals surface area contributed by atoms with Crippen LogP contribution in [0.5, 0.6) is 5.75 Å². The van der Waals surface area contributed by atoms with Crippen LogP contribution in [0.15, 0.2) is 24.3 Å². The van der Waals surface area contributed by atoms with Crippen LogP contribution in [0.1, 0.15) is 26.2 Å². The molecule has 0 spiro atoms. The minimum atomic E-state index is -0.518. The molecule has 2 amide bonds. The number of nitrogens with zero attached hydrogens (tertiary/aromatic N) is 3. The van der Waals surface area contributed by atoms with Crippen molar-refractivity contribution >= 4 is 17.5 Å². The van der Waals surface area contributed by atoms with Crippen molar-refractivity contribution in [3.63, 3.8) is 0 Å². The van der Waals surface area contributed by atoms with Gasteiger partial charge in [-0.05, 0) is 37.8 Å². The lowest BCUT2D eigenvalue weighted by molar-refractivity contribution is -0.132. The van der Waals surface area contributed by atoms with E-state index >= 15 is 0 Å². The zero-order valence-corrected chi connectivity index (χ0v) is 17.2. The first-order chi connectivity index (χ1) is 14.1. The lowest BCUT2D eigenvalue weighted by Gasteiger charge is -2.37. The van der Waals surface area contributed by atoms with Gasteiger partial charge in [-0.2, -0.15) is 0 Å². The molecule has 7 heteroatoms. The Kier molecular flexibility index (Phi) is 6.35. The molecular formula is C22H31N3O4. The number of carbonyl (C=O) groups excluding carboxylic acids is 2. The van der Waals surface area contributed by atoms with Gasteiger partial charge in [-0.25, -0.2) is 0 Å². The standard InChI is InChI=1S/C22H31N3O4/c1-17-22(27)25(19-4-2-3-5-20(19)29-17)11-8-21(26)24-9-6-18(7-10-24)16-23-12-14-28-15-13-23/h2-5,17-18H,6-16H2,1H3/t17-/m0/s1. The first-order valence-electron chi connectivity index (χ1n) is 10.8. The van der Waals surface area contributed by atoms with Gasteiger partial charge >= 0.3 is 0 Å². The molecule has 1 atom stereocenters. The molecule has 1 aromatic carbocycles. The summed E-state index contributed by atoms with van der Waals surface area (Å²) in [6.45, 7) is 8.61. The monoisotopic (exact) mass is 401 g/mol. The van der Waals surface area contributed by atoms with E-state index in [2.05, 4.69) is 4.90 Å². The first kappa shape index (κ1) is 20.2. The largest absolute Gasteiger partial charge is 0.479 e. The van der Waals surface area contributed by atoms with Crippen molar-refractivity contribution in [3.05, 3.63) is 24.3 Å². The van der Waals surface area contributed by atoms with Gasteiger partial charge in [0, 0.05) is 45.7 Å². The van der Waals surface area contributed by atoms with Crippen LogP contribution in [0.3, 0.4) is 0 Å². The number of hydrogen-bond donors (Lipinski definition) is 0. The summed E-state index contributed by atoms with van der Waals surface area (Å²) in [6.07, 6.45) is 1.94. The molecule has 2 saturated heterocycles. The van der Waals surface area contributed by atoms with E-state index < -0.39 is 6.10 Å². The Morgan fingerprint density at radius 3 is 2.59 bits per heavy atom. The quantitative estimate of drug-likeness (QED) is 0.752. The predicted molar refractivity (Wildman–Crippen MR) is 110 cm³/mol. The van der Waals surface area contributed by atoms with Gasteiger partial charge in [0.15, 0.2) is 6.10 Å². The number of likely N-dealkylation sites (tertiary alicyclic amines) is 1. The van der Waals surface area contributed by atoms with Crippen molar-refractivity contribution in [2.45, 2.75) is 32.3 Å². The molecule has 0 bridgehead atoms. The van der Waals surface area contributed by atoms with Crippen LogP contribution < -0.4 is 9.64 Å². The molecule has 4 rings (SSSR count). The van der Waals surface area contributed by atoms with Gasteiger partial charge in [0.05, 0.1) is 18.9 Å². The Balaban J connectivity index is 1.27. The molecule has 29 heavy (non-hydrogen) atoms. The summed E-state index contributed by atoms with van der Waals surface area (Å²) >= 11 is 0. The van der Waals surface area contributed by atoms with Crippen LogP contribution in [0.25, 0.3) is 0 Å². The van der Waals surface area contributed by atoms with Crippen molar-refractivity contribution in [2.24, 2.45) is 5.92 Å². The Morgan fingerprint density at radius 1 is 1.10 bits per heavy atom. The van der Waals surface area contributed by atoms with E-state index in [1.807, 2.05) is 29.2 Å². The second-order valence-corrected chi connectivity index (χ2v) is 8.20. The van der Waals surface area contributed by atoms with Gasteiger partial charge in [-0.15, -0.1) is 0 Å². The number of carbonyl (C=O) groups is 2. The zero-order chi connectivity index (χ0) is 20.2. The molecule has 3 aliphatic heterocycles. The van der Waals surface area contributed by atoms with Crippen molar-refractivity contribution in [3.8, 4) is 5.75 Å². The van der Waals surface area contributed by atoms with Crippen molar-refractivity contribution < 1.29 is 19.1 Å². The number of amides is 2. The average molecular weight is 402 g/mol. The minimum Gasteiger partial charge on any atom is -0.479 e. The Morgan fingerprint density at radius 2 is 1.83 bits per heavy atom. The lowest BCUT2D eigenvalue weighted by atomic mass is 9.95. The summed E-state index contributed by atoms with van der Waals surface area (Å²) in [5.41, 5.74) is 0.757. The first-order valence-corrected chi connectivity index (χ1v) is 10.8. The maximum absolute atomic E-state index is 12.8. The summed E-state index contributed by atoms with van der Waals surface area (Å²) in [4.78, 5) is 31.5. The molecule has 3 aliphatic rings. The molecule has 7 nitrogen and oxygen atoms in total. The summed E-state index contributed by atoms with van der Waals surface area (Å²) in [6, 6.07) is 7.53. The highest BCUT2D eigenvalue weighted by Gasteiger charge is 2.32. The van der Waals surface area contributed by atoms with Gasteiger partial charge in [0.1, 0.15) is 5.75 Å². The van der Waals surface area contributed by atoms with Crippen LogP contribution >= 0.6 is 0 Å². The molecule has 1 aromatic rings. The number of morpholine rings is 1. The van der Waals surface area contributed by atoms with Crippen molar-refractivity contribution in [1.29, 1.82) is 0 Å². The number of piperidine rings is 1. The molecule has 0 radical (unpaired) electrons. The molecule has 158 valence electrons. The number of para-hydroxylation sites is 2. The molecule has 0 N–H and O–H groups in total. The SMILES string of the molecule is C[C@@H]1Oc2ccccc2N(CCC(=O)N2CCC(CN3CCOCC3)CC2)C1=O. The Labute approximate surface area is 172 Å². The second kappa shape index (κ2) is 9.13. The van der Waals surface area contributed by atoms with Gasteiger partial charge in [0.2, 0.25) is 5.91 Å². The predicted octanol–water partition coefficient (Wildman–Crippen LogP) is 1.76. The number of ether oxygens (including phenoxy) is 2. The maximum Gasteiger partial charge on any atom is 0.267 e. The van der Waals surface area contributed by atoms with E-state index in [0.29, 0.717) is 24.6 Å². The summed E-state index contributed by atoms with van der Waals surface area (Å²) < 4.78 is 11.1. The second-order valence-electron chi connectivity index (χ2n) is 8.20. The number of benzene rings is 1. The fraction of sp³-hybridized carbons (Fsp3) is 0.636. The van der Waals surface area contributed by atoms with Gasteiger partial charge in [-0.3, -0.25) is 14.5 Å². The number of anilines is 1. The van der Waals surface area contributed by atoms with Gasteiger partial charge in [0.25, 0.3) is 5.91 Å². The van der Waals surface area contributed by atoms with E-state index in [9.17, 15) is 9.59 Å². The summed E-state index contributed by atoms with van der Waals surface area (Å²) in [5.74, 6) is 1.42. The Hall–Kier alpha value is -2.12. The highest BCUT2D eigenvalue weighted by molar-refractivity contribution is 6.00. The van der Waals surface area contributed by atoms with Crippen molar-refractivity contribution in [2.75, 3.05) is 57.4 Å². The minimum absolute atomic E-state index is 0.0827. The van der Waals surface area contributed by atoms with E-state index in [-0.39, 0.29) is 11.8 Å². The molecular weight excluding hydrogens is 370 g/mol. The summed E-state index contributed by atoms with van der Waals surface area (Å²) in [7, 11) is 0. The Bertz CT molecular complexity index is 727. The van der Waals surface area contributed by atoms with Crippen LogP contribution in [0.4, 0.5) is 5.69 Å². The molecule has 0 aromatic heterocycles.